The second-order valence-electron chi connectivity index (χ2n) is 15.7. The Morgan fingerprint density at radius 1 is 0.561 bits per heavy atom. The number of ether oxygens (including phenoxy) is 2. The molecule has 0 aliphatic rings. The van der Waals surface area contributed by atoms with E-state index in [1.165, 1.54) is 38.5 Å². The summed E-state index contributed by atoms with van der Waals surface area (Å²) in [6.07, 6.45) is 48.4. The molecule has 0 aromatic carbocycles. The minimum Gasteiger partial charge on any atom is -0.462 e. The van der Waals surface area contributed by atoms with Crippen molar-refractivity contribution in [1.29, 1.82) is 0 Å². The topological polar surface area (TPSA) is 108 Å². The monoisotopic (exact) mass is 821 g/mol. The summed E-state index contributed by atoms with van der Waals surface area (Å²) < 4.78 is 34.1. The smallest absolute Gasteiger partial charge is 0.462 e. The van der Waals surface area contributed by atoms with Crippen LogP contribution in [-0.2, 0) is 32.7 Å². The van der Waals surface area contributed by atoms with E-state index in [9.17, 15) is 19.0 Å². The van der Waals surface area contributed by atoms with Gasteiger partial charge >= 0.3 is 19.8 Å². The summed E-state index contributed by atoms with van der Waals surface area (Å²) in [7, 11) is 1.46. The molecule has 0 spiro atoms. The van der Waals surface area contributed by atoms with Crippen molar-refractivity contribution in [2.75, 3.05) is 47.5 Å². The first-order valence-corrected chi connectivity index (χ1v) is 23.7. The summed E-state index contributed by atoms with van der Waals surface area (Å²) in [4.78, 5) is 35.1. The van der Waals surface area contributed by atoms with Gasteiger partial charge in [-0.15, -0.1) is 0 Å². The van der Waals surface area contributed by atoms with Gasteiger partial charge in [0.1, 0.15) is 19.8 Å². The first-order chi connectivity index (χ1) is 27.5. The zero-order valence-corrected chi connectivity index (χ0v) is 37.7. The van der Waals surface area contributed by atoms with Gasteiger partial charge < -0.3 is 18.9 Å². The molecule has 0 bridgehead atoms. The van der Waals surface area contributed by atoms with Gasteiger partial charge in [0.25, 0.3) is 0 Å². The number of quaternary nitrogens is 1. The molecule has 0 aliphatic carbocycles. The Labute approximate surface area is 348 Å². The second kappa shape index (κ2) is 38.9. The van der Waals surface area contributed by atoms with Crippen molar-refractivity contribution in [2.45, 2.75) is 168 Å². The van der Waals surface area contributed by atoms with Crippen LogP contribution in [0.3, 0.4) is 0 Å². The maximum atomic E-state index is 12.6. The van der Waals surface area contributed by atoms with E-state index in [0.29, 0.717) is 17.4 Å². The third-order valence-electron chi connectivity index (χ3n) is 9.00. The molecular weight excluding hydrogens is 737 g/mol. The highest BCUT2D eigenvalue weighted by Crippen LogP contribution is 2.43. The summed E-state index contributed by atoms with van der Waals surface area (Å²) in [5.74, 6) is -0.824. The fourth-order valence-corrected chi connectivity index (χ4v) is 6.29. The van der Waals surface area contributed by atoms with Crippen molar-refractivity contribution < 1.29 is 42.1 Å². The molecule has 57 heavy (non-hydrogen) atoms. The first kappa shape index (κ1) is 54.5. The van der Waals surface area contributed by atoms with Gasteiger partial charge in [0.2, 0.25) is 0 Å². The lowest BCUT2D eigenvalue weighted by molar-refractivity contribution is -0.870. The molecule has 9 nitrogen and oxygen atoms in total. The van der Waals surface area contributed by atoms with Crippen LogP contribution in [0.1, 0.15) is 162 Å². The quantitative estimate of drug-likeness (QED) is 0.0215. The zero-order chi connectivity index (χ0) is 42.1. The average molecular weight is 821 g/mol. The second-order valence-corrected chi connectivity index (χ2v) is 17.2. The lowest BCUT2D eigenvalue weighted by Gasteiger charge is -2.24. The van der Waals surface area contributed by atoms with Crippen molar-refractivity contribution >= 4 is 19.8 Å². The van der Waals surface area contributed by atoms with Gasteiger partial charge in [-0.1, -0.05) is 157 Å². The largest absolute Gasteiger partial charge is 0.472 e. The van der Waals surface area contributed by atoms with E-state index in [4.69, 9.17) is 18.5 Å². The first-order valence-electron chi connectivity index (χ1n) is 22.2. The highest BCUT2D eigenvalue weighted by atomic mass is 31.2. The van der Waals surface area contributed by atoms with Gasteiger partial charge in [0.15, 0.2) is 6.10 Å². The minimum absolute atomic E-state index is 0.0271. The summed E-state index contributed by atoms with van der Waals surface area (Å²) >= 11 is 0. The van der Waals surface area contributed by atoms with Crippen LogP contribution in [-0.4, -0.2) is 74.9 Å². The van der Waals surface area contributed by atoms with Gasteiger partial charge in [-0.3, -0.25) is 18.6 Å². The summed E-state index contributed by atoms with van der Waals surface area (Å²) in [5.41, 5.74) is 0. The molecule has 0 radical (unpaired) electrons. The number of rotatable bonds is 39. The molecule has 0 amide bonds. The molecule has 2 unspecified atom stereocenters. The normalized spacial score (nSPS) is 14.3. The third kappa shape index (κ3) is 42.9. The van der Waals surface area contributed by atoms with E-state index >= 15 is 0 Å². The SMILES string of the molecule is CC/C=C\C/C=C\C/C=C\C/C=C\C/C=C\C/C=C\CCCCCCCCCCC(=O)OC(COC(=O)CCCCCCCC)COP(=O)(O)OCC[N+](C)(C)C. The number of esters is 2. The molecule has 0 saturated heterocycles. The number of carbonyl (C=O) groups is 2. The highest BCUT2D eigenvalue weighted by molar-refractivity contribution is 7.47. The average Bonchev–Trinajstić information content (AvgIpc) is 3.16. The molecule has 0 fully saturated rings. The lowest BCUT2D eigenvalue weighted by Crippen LogP contribution is -2.37. The van der Waals surface area contributed by atoms with E-state index < -0.39 is 26.5 Å². The zero-order valence-electron chi connectivity index (χ0n) is 36.8. The molecule has 1 N–H and O–H groups in total. The van der Waals surface area contributed by atoms with Gasteiger partial charge in [-0.2, -0.15) is 0 Å². The Morgan fingerprint density at radius 3 is 1.49 bits per heavy atom. The van der Waals surface area contributed by atoms with Crippen molar-refractivity contribution in [1.82, 2.24) is 0 Å². The van der Waals surface area contributed by atoms with Gasteiger partial charge in [-0.25, -0.2) is 4.57 Å². The van der Waals surface area contributed by atoms with Crippen LogP contribution in [0.5, 0.6) is 0 Å². The van der Waals surface area contributed by atoms with Gasteiger partial charge in [0.05, 0.1) is 27.7 Å². The molecule has 10 heteroatoms. The predicted octanol–water partition coefficient (Wildman–Crippen LogP) is 12.6. The Morgan fingerprint density at radius 2 is 1.00 bits per heavy atom. The number of hydrogen-bond acceptors (Lipinski definition) is 7. The number of nitrogens with zero attached hydrogens (tertiary/aromatic N) is 1. The number of hydrogen-bond donors (Lipinski definition) is 1. The maximum absolute atomic E-state index is 12.6. The van der Waals surface area contributed by atoms with Crippen LogP contribution in [0.2, 0.25) is 0 Å². The fourth-order valence-electron chi connectivity index (χ4n) is 5.55. The molecule has 0 heterocycles. The Hall–Kier alpha value is -2.55. The van der Waals surface area contributed by atoms with Crippen LogP contribution >= 0.6 is 7.82 Å². The molecule has 2 atom stereocenters. The number of likely N-dealkylation sites (N-methyl/N-ethyl adjacent to an activating group) is 1. The molecule has 328 valence electrons. The number of phosphoric acid groups is 1. The van der Waals surface area contributed by atoms with E-state index in [1.54, 1.807) is 0 Å². The summed E-state index contributed by atoms with van der Waals surface area (Å²) in [6, 6.07) is 0. The van der Waals surface area contributed by atoms with Crippen LogP contribution in [0.15, 0.2) is 72.9 Å². The maximum Gasteiger partial charge on any atom is 0.472 e. The molecule has 0 rings (SSSR count). The standard InChI is InChI=1S/C47H82NO8P/c1-6-8-10-12-14-15-16-17-18-19-20-21-22-23-24-25-26-27-28-29-30-31-32-33-34-36-38-40-47(50)56-45(43-53-46(49)39-37-35-13-11-9-7-2)44-55-57(51,52)54-42-41-48(3,4)5/h8,10,14-15,17-18,20-21,23-24,26-27,45H,6-7,9,11-13,16,19,22,25,28-44H2,1-5H3/p+1/b10-8-,15-14-,18-17-,21-20-,24-23-,27-26-. The van der Waals surface area contributed by atoms with Crippen molar-refractivity contribution in [3.63, 3.8) is 0 Å². The highest BCUT2D eigenvalue weighted by Gasteiger charge is 2.27. The van der Waals surface area contributed by atoms with Crippen molar-refractivity contribution in [2.24, 2.45) is 0 Å². The Balaban J connectivity index is 4.16. The molecule has 0 aromatic heterocycles. The fraction of sp³-hybridized carbons (Fsp3) is 0.702. The van der Waals surface area contributed by atoms with Crippen LogP contribution < -0.4 is 0 Å². The van der Waals surface area contributed by atoms with Crippen LogP contribution in [0.4, 0.5) is 0 Å². The minimum atomic E-state index is -4.37. The predicted molar refractivity (Wildman–Crippen MR) is 238 cm³/mol. The van der Waals surface area contributed by atoms with E-state index in [0.717, 1.165) is 89.9 Å². The lowest BCUT2D eigenvalue weighted by atomic mass is 10.1. The van der Waals surface area contributed by atoms with Crippen molar-refractivity contribution in [3.8, 4) is 0 Å². The van der Waals surface area contributed by atoms with Crippen LogP contribution in [0, 0.1) is 0 Å². The molecule has 0 aliphatic heterocycles. The molecule has 0 aromatic rings. The number of carbonyl (C=O) groups excluding carboxylic acids is 2. The molecule has 0 saturated carbocycles. The van der Waals surface area contributed by atoms with Crippen molar-refractivity contribution in [3.05, 3.63) is 72.9 Å². The van der Waals surface area contributed by atoms with Crippen LogP contribution in [0.25, 0.3) is 0 Å². The van der Waals surface area contributed by atoms with Gasteiger partial charge in [0, 0.05) is 12.8 Å². The summed E-state index contributed by atoms with van der Waals surface area (Å²) in [5, 5.41) is 0. The number of allylic oxidation sites excluding steroid dienone is 12. The Kier molecular flexibility index (Phi) is 37.2. The summed E-state index contributed by atoms with van der Waals surface area (Å²) in [6.45, 7) is 4.21. The Bertz CT molecular complexity index is 1200. The number of phosphoric ester groups is 1. The van der Waals surface area contributed by atoms with E-state index in [2.05, 4.69) is 86.8 Å². The van der Waals surface area contributed by atoms with E-state index in [-0.39, 0.29) is 32.0 Å². The van der Waals surface area contributed by atoms with E-state index in [1.807, 2.05) is 21.1 Å². The third-order valence-corrected chi connectivity index (χ3v) is 9.99. The number of unbranched alkanes of at least 4 members (excludes halogenated alkanes) is 13. The van der Waals surface area contributed by atoms with Gasteiger partial charge in [-0.05, 0) is 64.2 Å². The molecular formula is C47H83NO8P+.